The molecule has 19 heavy (non-hydrogen) atoms. The van der Waals surface area contributed by atoms with Crippen molar-refractivity contribution in [3.05, 3.63) is 34.7 Å². The van der Waals surface area contributed by atoms with Crippen molar-refractivity contribution >= 4 is 29.0 Å². The zero-order valence-electron chi connectivity index (χ0n) is 9.70. The molecule has 2 heterocycles. The van der Waals surface area contributed by atoms with Crippen LogP contribution in [0.2, 0.25) is 0 Å². The van der Waals surface area contributed by atoms with Crippen LogP contribution >= 0.6 is 11.3 Å². The quantitative estimate of drug-likeness (QED) is 0.738. The van der Waals surface area contributed by atoms with Gasteiger partial charge in [-0.25, -0.2) is 0 Å². The zero-order chi connectivity index (χ0) is 13.7. The zero-order valence-corrected chi connectivity index (χ0v) is 10.5. The first kappa shape index (κ1) is 13.2. The van der Waals surface area contributed by atoms with Gasteiger partial charge in [-0.15, -0.1) is 11.3 Å². The number of amides is 2. The van der Waals surface area contributed by atoms with Gasteiger partial charge in [0, 0.05) is 6.07 Å². The number of anilines is 1. The number of carbonyl (C=O) groups is 2. The third-order valence-electron chi connectivity index (χ3n) is 2.24. The second-order valence-electron chi connectivity index (χ2n) is 3.56. The Hall–Kier alpha value is -2.19. The van der Waals surface area contributed by atoms with Crippen molar-refractivity contribution in [2.45, 2.75) is 6.04 Å². The lowest BCUT2D eigenvalue weighted by molar-refractivity contribution is -0.118. The first-order valence-corrected chi connectivity index (χ1v) is 6.25. The van der Waals surface area contributed by atoms with Crippen molar-refractivity contribution < 1.29 is 19.2 Å². The Morgan fingerprint density at radius 2 is 2.32 bits per heavy atom. The SMILES string of the molecule is O=C(NC(CO)C(=O)Nc1ccon1)c1cccs1. The number of nitrogens with zero attached hydrogens (tertiary/aromatic N) is 1. The normalized spacial score (nSPS) is 11.8. The Morgan fingerprint density at radius 1 is 1.47 bits per heavy atom. The van der Waals surface area contributed by atoms with Gasteiger partial charge in [0.2, 0.25) is 0 Å². The molecule has 0 aliphatic carbocycles. The molecule has 3 N–H and O–H groups in total. The van der Waals surface area contributed by atoms with Gasteiger partial charge in [0.1, 0.15) is 12.3 Å². The third-order valence-corrected chi connectivity index (χ3v) is 3.11. The van der Waals surface area contributed by atoms with E-state index in [4.69, 9.17) is 5.11 Å². The molecular weight excluding hydrogens is 270 g/mol. The summed E-state index contributed by atoms with van der Waals surface area (Å²) < 4.78 is 4.56. The van der Waals surface area contributed by atoms with Gasteiger partial charge in [-0.2, -0.15) is 0 Å². The molecule has 0 fully saturated rings. The topological polar surface area (TPSA) is 104 Å². The van der Waals surface area contributed by atoms with Crippen LogP contribution in [0.15, 0.2) is 34.4 Å². The van der Waals surface area contributed by atoms with E-state index in [1.165, 1.54) is 23.7 Å². The average molecular weight is 281 g/mol. The van der Waals surface area contributed by atoms with Gasteiger partial charge >= 0.3 is 0 Å². The fourth-order valence-electron chi connectivity index (χ4n) is 1.32. The van der Waals surface area contributed by atoms with Crippen LogP contribution in [-0.4, -0.2) is 34.7 Å². The van der Waals surface area contributed by atoms with Crippen molar-refractivity contribution in [1.82, 2.24) is 10.5 Å². The summed E-state index contributed by atoms with van der Waals surface area (Å²) in [5, 5.41) is 19.2. The molecular formula is C11H11N3O4S. The minimum Gasteiger partial charge on any atom is -0.394 e. The van der Waals surface area contributed by atoms with E-state index in [0.717, 1.165) is 0 Å². The lowest BCUT2D eigenvalue weighted by Gasteiger charge is -2.14. The summed E-state index contributed by atoms with van der Waals surface area (Å²) in [6, 6.07) is 3.76. The van der Waals surface area contributed by atoms with Crippen molar-refractivity contribution in [3.8, 4) is 0 Å². The second-order valence-corrected chi connectivity index (χ2v) is 4.51. The number of hydrogen-bond acceptors (Lipinski definition) is 6. The molecule has 0 spiro atoms. The van der Waals surface area contributed by atoms with Crippen LogP contribution < -0.4 is 10.6 Å². The van der Waals surface area contributed by atoms with Gasteiger partial charge < -0.3 is 20.3 Å². The fraction of sp³-hybridized carbons (Fsp3) is 0.182. The fourth-order valence-corrected chi connectivity index (χ4v) is 1.95. The summed E-state index contributed by atoms with van der Waals surface area (Å²) in [5.74, 6) is -0.764. The van der Waals surface area contributed by atoms with E-state index in [9.17, 15) is 9.59 Å². The van der Waals surface area contributed by atoms with Crippen LogP contribution in [0.25, 0.3) is 0 Å². The second kappa shape index (κ2) is 6.12. The predicted octanol–water partition coefficient (Wildman–Crippen LogP) is 0.465. The van der Waals surface area contributed by atoms with Crippen molar-refractivity contribution in [1.29, 1.82) is 0 Å². The number of nitrogens with one attached hydrogen (secondary N) is 2. The van der Waals surface area contributed by atoms with Gasteiger partial charge in [-0.1, -0.05) is 11.2 Å². The molecule has 0 saturated heterocycles. The summed E-state index contributed by atoms with van der Waals surface area (Å²) in [6.07, 6.45) is 1.30. The minimum atomic E-state index is -1.05. The number of rotatable bonds is 5. The maximum absolute atomic E-state index is 11.8. The number of carbonyl (C=O) groups excluding carboxylic acids is 2. The van der Waals surface area contributed by atoms with Crippen molar-refractivity contribution in [2.24, 2.45) is 0 Å². The number of aromatic nitrogens is 1. The molecule has 2 aromatic heterocycles. The van der Waals surface area contributed by atoms with Crippen LogP contribution in [0.3, 0.4) is 0 Å². The smallest absolute Gasteiger partial charge is 0.262 e. The van der Waals surface area contributed by atoms with E-state index in [1.54, 1.807) is 17.5 Å². The lowest BCUT2D eigenvalue weighted by atomic mass is 10.2. The van der Waals surface area contributed by atoms with E-state index < -0.39 is 24.5 Å². The standard InChI is InChI=1S/C11H11N3O4S/c15-6-7(10(16)13-9-3-4-18-14-9)12-11(17)8-2-1-5-19-8/h1-5,7,15H,6H2,(H,12,17)(H,13,14,16). The summed E-state index contributed by atoms with van der Waals surface area (Å²) in [6.45, 7) is -0.513. The maximum atomic E-state index is 11.8. The van der Waals surface area contributed by atoms with Crippen LogP contribution in [0.1, 0.15) is 9.67 Å². The number of thiophene rings is 1. The van der Waals surface area contributed by atoms with E-state index in [2.05, 4.69) is 20.3 Å². The van der Waals surface area contributed by atoms with E-state index >= 15 is 0 Å². The molecule has 0 aromatic carbocycles. The monoisotopic (exact) mass is 281 g/mol. The first-order chi connectivity index (χ1) is 9.20. The summed E-state index contributed by atoms with van der Waals surface area (Å²) in [7, 11) is 0. The van der Waals surface area contributed by atoms with E-state index in [0.29, 0.717) is 4.88 Å². The first-order valence-electron chi connectivity index (χ1n) is 5.37. The number of hydrogen-bond donors (Lipinski definition) is 3. The van der Waals surface area contributed by atoms with Crippen LogP contribution in [0.4, 0.5) is 5.82 Å². The molecule has 0 aliphatic rings. The van der Waals surface area contributed by atoms with Crippen molar-refractivity contribution in [2.75, 3.05) is 11.9 Å². The number of aliphatic hydroxyl groups excluding tert-OH is 1. The molecule has 2 rings (SSSR count). The molecule has 2 aromatic rings. The Bertz CT molecular complexity index is 538. The molecule has 7 nitrogen and oxygen atoms in total. The predicted molar refractivity (Wildman–Crippen MR) is 67.8 cm³/mol. The van der Waals surface area contributed by atoms with Crippen molar-refractivity contribution in [3.63, 3.8) is 0 Å². The van der Waals surface area contributed by atoms with Gasteiger partial charge in [0.15, 0.2) is 5.82 Å². The molecule has 8 heteroatoms. The highest BCUT2D eigenvalue weighted by atomic mass is 32.1. The summed E-state index contributed by atoms with van der Waals surface area (Å²) in [4.78, 5) is 24.0. The molecule has 1 unspecified atom stereocenters. The number of aliphatic hydroxyl groups is 1. The molecule has 1 atom stereocenters. The molecule has 0 radical (unpaired) electrons. The molecule has 0 aliphatic heterocycles. The van der Waals surface area contributed by atoms with E-state index in [-0.39, 0.29) is 5.82 Å². The van der Waals surface area contributed by atoms with Crippen LogP contribution in [-0.2, 0) is 4.79 Å². The lowest BCUT2D eigenvalue weighted by Crippen LogP contribution is -2.46. The van der Waals surface area contributed by atoms with Gasteiger partial charge in [-0.05, 0) is 11.4 Å². The summed E-state index contributed by atoms with van der Waals surface area (Å²) in [5.41, 5.74) is 0. The van der Waals surface area contributed by atoms with Gasteiger partial charge in [0.25, 0.3) is 11.8 Å². The highest BCUT2D eigenvalue weighted by Gasteiger charge is 2.21. The Labute approximate surface area is 112 Å². The molecule has 0 bridgehead atoms. The molecule has 100 valence electrons. The molecule has 2 amide bonds. The molecule has 0 saturated carbocycles. The maximum Gasteiger partial charge on any atom is 0.262 e. The van der Waals surface area contributed by atoms with Gasteiger partial charge in [0.05, 0.1) is 11.5 Å². The van der Waals surface area contributed by atoms with Crippen LogP contribution in [0, 0.1) is 0 Å². The Balaban J connectivity index is 1.96. The third kappa shape index (κ3) is 3.39. The highest BCUT2D eigenvalue weighted by Crippen LogP contribution is 2.08. The average Bonchev–Trinajstić information content (AvgIpc) is 3.07. The summed E-state index contributed by atoms with van der Waals surface area (Å²) >= 11 is 1.25. The largest absolute Gasteiger partial charge is 0.394 e. The Kier molecular flexibility index (Phi) is 4.26. The minimum absolute atomic E-state index is 0.217. The van der Waals surface area contributed by atoms with Gasteiger partial charge in [-0.3, -0.25) is 9.59 Å². The highest BCUT2D eigenvalue weighted by molar-refractivity contribution is 7.12. The Morgan fingerprint density at radius 3 is 2.89 bits per heavy atom. The van der Waals surface area contributed by atoms with E-state index in [1.807, 2.05) is 0 Å². The van der Waals surface area contributed by atoms with Crippen LogP contribution in [0.5, 0.6) is 0 Å².